The molecule has 0 aromatic carbocycles. The Morgan fingerprint density at radius 3 is 0.679 bits per heavy atom. The van der Waals surface area contributed by atoms with Crippen molar-refractivity contribution >= 4 is 17.6 Å². The van der Waals surface area contributed by atoms with Crippen LogP contribution in [0.2, 0.25) is 12.1 Å². The van der Waals surface area contributed by atoms with Crippen LogP contribution >= 0.6 is 0 Å². The van der Waals surface area contributed by atoms with Crippen molar-refractivity contribution in [2.75, 3.05) is 0 Å². The van der Waals surface area contributed by atoms with Gasteiger partial charge in [0.1, 0.15) is 0 Å². The van der Waals surface area contributed by atoms with E-state index in [2.05, 4.69) is 39.5 Å². The minimum absolute atomic E-state index is 0.291. The van der Waals surface area contributed by atoms with Crippen LogP contribution in [-0.4, -0.2) is 17.6 Å². The van der Waals surface area contributed by atoms with Crippen molar-refractivity contribution in [1.29, 1.82) is 0 Å². The second-order valence-corrected chi connectivity index (χ2v) is 11.6. The van der Waals surface area contributed by atoms with Gasteiger partial charge in [0.2, 0.25) is 0 Å². The van der Waals surface area contributed by atoms with Gasteiger partial charge in [-0.05, 0) is 41.5 Å². The Kier molecular flexibility index (Phi) is 9.96. The minimum atomic E-state index is -3.34. The fraction of sp³-hybridized carbons (Fsp3) is 0.400. The first-order valence-electron chi connectivity index (χ1n) is 8.78. The summed E-state index contributed by atoms with van der Waals surface area (Å²) in [6.07, 6.45) is 0. The molecule has 0 aromatic rings. The van der Waals surface area contributed by atoms with Crippen LogP contribution in [0.15, 0.2) is 74.0 Å². The molecule has 0 saturated heterocycles. The van der Waals surface area contributed by atoms with Crippen molar-refractivity contribution in [2.24, 2.45) is 0 Å². The first kappa shape index (κ1) is 25.7. The van der Waals surface area contributed by atoms with Gasteiger partial charge in [0.25, 0.3) is 0 Å². The monoisotopic (exact) mass is 426 g/mol. The van der Waals surface area contributed by atoms with E-state index in [9.17, 15) is 0 Å². The Morgan fingerprint density at radius 1 is 0.429 bits per heavy atom. The maximum absolute atomic E-state index is 5.94. The van der Waals surface area contributed by atoms with Crippen molar-refractivity contribution in [3.05, 3.63) is 74.0 Å². The Labute approximate surface area is 172 Å². The molecule has 0 rings (SSSR count). The van der Waals surface area contributed by atoms with Gasteiger partial charge < -0.3 is 26.6 Å². The molecule has 0 N–H and O–H groups in total. The van der Waals surface area contributed by atoms with Gasteiger partial charge in [-0.1, -0.05) is 39.5 Å². The van der Waals surface area contributed by atoms with Gasteiger partial charge in [0.05, 0.1) is 46.6 Å². The molecule has 0 aliphatic heterocycles. The van der Waals surface area contributed by atoms with E-state index in [1.165, 1.54) is 0 Å². The van der Waals surface area contributed by atoms with Crippen molar-refractivity contribution in [3.8, 4) is 0 Å². The van der Waals surface area contributed by atoms with Crippen LogP contribution in [0.3, 0.4) is 0 Å². The molecule has 0 fully saturated rings. The molecule has 0 aliphatic rings. The second kappa shape index (κ2) is 10.9. The summed E-state index contributed by atoms with van der Waals surface area (Å²) < 4.78 is 35.6. The first-order valence-corrected chi connectivity index (χ1v) is 12.6. The Balaban J connectivity index is 6.02. The molecular weight excluding hydrogens is 392 g/mol. The van der Waals surface area contributed by atoms with Gasteiger partial charge in [0.15, 0.2) is 0 Å². The zero-order valence-corrected chi connectivity index (χ0v) is 20.1. The third kappa shape index (κ3) is 10.1. The van der Waals surface area contributed by atoms with Crippen LogP contribution < -0.4 is 0 Å². The molecule has 0 aliphatic carbocycles. The van der Waals surface area contributed by atoms with E-state index in [0.717, 1.165) is 0 Å². The molecule has 0 unspecified atom stereocenters. The third-order valence-electron chi connectivity index (χ3n) is 2.72. The molecule has 0 bridgehead atoms. The molecule has 0 spiro atoms. The third-order valence-corrected chi connectivity index (χ3v) is 8.90. The molecule has 158 valence electrons. The van der Waals surface area contributed by atoms with E-state index in [1.807, 2.05) is 0 Å². The van der Waals surface area contributed by atoms with Crippen LogP contribution in [0.4, 0.5) is 0 Å². The molecule has 0 radical (unpaired) electrons. The molecule has 6 nitrogen and oxygen atoms in total. The molecule has 8 heteroatoms. The lowest BCUT2D eigenvalue weighted by atomic mass is 10.7. The maximum atomic E-state index is 5.94. The zero-order valence-electron chi connectivity index (χ0n) is 18.1. The predicted octanol–water partition coefficient (Wildman–Crippen LogP) is 6.17. The first-order chi connectivity index (χ1) is 12.7. The van der Waals surface area contributed by atoms with Gasteiger partial charge in [-0.15, -0.1) is 0 Å². The minimum Gasteiger partial charge on any atom is -0.488 e. The lowest BCUT2D eigenvalue weighted by molar-refractivity contribution is 0.129. The topological polar surface area (TPSA) is 55.4 Å². The van der Waals surface area contributed by atoms with Crippen LogP contribution in [-0.2, 0) is 26.6 Å². The van der Waals surface area contributed by atoms with Crippen LogP contribution in [0.5, 0.6) is 0 Å². The Hall–Kier alpha value is -2.33. The highest BCUT2D eigenvalue weighted by molar-refractivity contribution is 6.67. The number of hydrogen-bond acceptors (Lipinski definition) is 6. The van der Waals surface area contributed by atoms with Gasteiger partial charge in [0, 0.05) is 0 Å². The lowest BCUT2D eigenvalue weighted by Gasteiger charge is -2.34. The number of allylic oxidation sites excluding steroid dienone is 6. The Bertz CT molecular complexity index is 515. The highest BCUT2D eigenvalue weighted by Gasteiger charge is 2.57. The summed E-state index contributed by atoms with van der Waals surface area (Å²) in [6.45, 7) is 33.2. The van der Waals surface area contributed by atoms with Crippen LogP contribution in [0.25, 0.3) is 0 Å². The summed E-state index contributed by atoms with van der Waals surface area (Å²) in [4.78, 5) is 0. The van der Waals surface area contributed by atoms with Crippen molar-refractivity contribution in [3.63, 3.8) is 0 Å². The summed E-state index contributed by atoms with van der Waals surface area (Å²) in [5.41, 5.74) is 0. The average molecular weight is 427 g/mol. The van der Waals surface area contributed by atoms with Gasteiger partial charge in [-0.25, -0.2) is 0 Å². The molecule has 0 saturated carbocycles. The van der Waals surface area contributed by atoms with Crippen molar-refractivity contribution in [2.45, 2.75) is 53.6 Å². The second-order valence-electron chi connectivity index (χ2n) is 6.69. The Morgan fingerprint density at radius 2 is 0.571 bits per heavy atom. The van der Waals surface area contributed by atoms with Gasteiger partial charge >= 0.3 is 17.6 Å². The summed E-state index contributed by atoms with van der Waals surface area (Å²) in [5, 5.41) is 0. The largest absolute Gasteiger partial charge is 0.698 e. The standard InChI is InChI=1S/C20H34O6Si2/c1-15(2)21-27(22-16(3)4,23-17(5)6)13-14-28(24-18(7)8,25-19(9)10)26-20(11)12/h1,3,5,7,9,11,13-14H2,2,4,6,8,10,12H3. The summed E-state index contributed by atoms with van der Waals surface area (Å²) >= 11 is 0. The quantitative estimate of drug-likeness (QED) is 0.231. The lowest BCUT2D eigenvalue weighted by Crippen LogP contribution is -2.50. The molecule has 28 heavy (non-hydrogen) atoms. The summed E-state index contributed by atoms with van der Waals surface area (Å²) in [6, 6.07) is 0.583. The molecule has 0 atom stereocenters. The molecular formula is C20H34O6Si2. The molecule has 0 heterocycles. The van der Waals surface area contributed by atoms with E-state index in [1.54, 1.807) is 41.5 Å². The normalized spacial score (nSPS) is 10.9. The average Bonchev–Trinajstić information content (AvgIpc) is 2.40. The van der Waals surface area contributed by atoms with Gasteiger partial charge in [-0.2, -0.15) is 0 Å². The highest BCUT2D eigenvalue weighted by atomic mass is 28.4. The van der Waals surface area contributed by atoms with E-state index in [4.69, 9.17) is 26.6 Å². The van der Waals surface area contributed by atoms with E-state index < -0.39 is 17.6 Å². The number of rotatable bonds is 15. The van der Waals surface area contributed by atoms with Crippen LogP contribution in [0, 0.1) is 0 Å². The highest BCUT2D eigenvalue weighted by Crippen LogP contribution is 2.32. The molecule has 0 amide bonds. The summed E-state index contributed by atoms with van der Waals surface area (Å²) in [7, 11) is -6.68. The zero-order chi connectivity index (χ0) is 22.1. The number of hydrogen-bond donors (Lipinski definition) is 0. The van der Waals surface area contributed by atoms with Crippen LogP contribution in [0.1, 0.15) is 41.5 Å². The SMILES string of the molecule is C=C(C)O[Si](CC[Si](OC(=C)C)(OC(=C)C)OC(=C)C)(OC(=C)C)OC(=C)C. The predicted molar refractivity (Wildman–Crippen MR) is 117 cm³/mol. The van der Waals surface area contributed by atoms with E-state index in [-0.39, 0.29) is 0 Å². The van der Waals surface area contributed by atoms with Crippen molar-refractivity contribution in [1.82, 2.24) is 0 Å². The fourth-order valence-electron chi connectivity index (χ4n) is 2.33. The summed E-state index contributed by atoms with van der Waals surface area (Å²) in [5.74, 6) is 2.69. The van der Waals surface area contributed by atoms with E-state index in [0.29, 0.717) is 46.6 Å². The smallest absolute Gasteiger partial charge is 0.488 e. The molecule has 0 aromatic heterocycles. The van der Waals surface area contributed by atoms with E-state index >= 15 is 0 Å². The maximum Gasteiger partial charge on any atom is 0.698 e. The van der Waals surface area contributed by atoms with Crippen molar-refractivity contribution < 1.29 is 26.6 Å². The van der Waals surface area contributed by atoms with Gasteiger partial charge in [-0.3, -0.25) is 0 Å². The fourth-order valence-corrected chi connectivity index (χ4v) is 8.83.